The molecule has 0 bridgehead atoms. The Hall–Kier alpha value is -1.87. The molecule has 0 fully saturated rings. The van der Waals surface area contributed by atoms with Gasteiger partial charge in [0.1, 0.15) is 11.6 Å². The van der Waals surface area contributed by atoms with Crippen molar-refractivity contribution in [2.24, 2.45) is 0 Å². The van der Waals surface area contributed by atoms with Gasteiger partial charge < -0.3 is 0 Å². The molecule has 0 amide bonds. The second kappa shape index (κ2) is 5.15. The van der Waals surface area contributed by atoms with Gasteiger partial charge in [0.2, 0.25) is 0 Å². The van der Waals surface area contributed by atoms with E-state index in [4.69, 9.17) is 11.6 Å². The second-order valence-electron chi connectivity index (χ2n) is 5.37. The standard InChI is InChI=1S/C17H16ClFN2/c1-10-5-7-15(13(19)8-10)21-16-9-11(2)4-6-14(16)20-17(21)12(3)18/h4-9,12H,1-3H3. The van der Waals surface area contributed by atoms with Crippen molar-refractivity contribution < 1.29 is 4.39 Å². The lowest BCUT2D eigenvalue weighted by atomic mass is 10.2. The number of hydrogen-bond acceptors (Lipinski definition) is 1. The number of aromatic nitrogens is 2. The van der Waals surface area contributed by atoms with Gasteiger partial charge in [-0.15, -0.1) is 11.6 Å². The predicted molar refractivity (Wildman–Crippen MR) is 84.8 cm³/mol. The average molecular weight is 303 g/mol. The lowest BCUT2D eigenvalue weighted by molar-refractivity contribution is 0.615. The van der Waals surface area contributed by atoms with Crippen LogP contribution in [-0.2, 0) is 0 Å². The third-order valence-corrected chi connectivity index (χ3v) is 3.73. The predicted octanol–water partition coefficient (Wildman–Crippen LogP) is 5.08. The fourth-order valence-corrected chi connectivity index (χ4v) is 2.66. The van der Waals surface area contributed by atoms with Crippen molar-refractivity contribution in [2.45, 2.75) is 26.1 Å². The Bertz CT molecular complexity index is 821. The summed E-state index contributed by atoms with van der Waals surface area (Å²) in [5.74, 6) is 0.384. The van der Waals surface area contributed by atoms with Gasteiger partial charge in [-0.05, 0) is 56.2 Å². The Kier molecular flexibility index (Phi) is 3.46. The Balaban J connectivity index is 2.38. The summed E-state index contributed by atoms with van der Waals surface area (Å²) in [4.78, 5) is 4.56. The first kappa shape index (κ1) is 14.1. The molecule has 1 heterocycles. The summed E-state index contributed by atoms with van der Waals surface area (Å²) >= 11 is 6.25. The number of aryl methyl sites for hydroxylation is 2. The zero-order valence-corrected chi connectivity index (χ0v) is 12.9. The second-order valence-corrected chi connectivity index (χ2v) is 6.02. The van der Waals surface area contributed by atoms with Crippen LogP contribution in [0.2, 0.25) is 0 Å². The fourth-order valence-electron chi connectivity index (χ4n) is 2.52. The Morgan fingerprint density at radius 3 is 2.43 bits per heavy atom. The van der Waals surface area contributed by atoms with E-state index in [2.05, 4.69) is 4.98 Å². The van der Waals surface area contributed by atoms with Crippen molar-refractivity contribution in [3.8, 4) is 5.69 Å². The van der Waals surface area contributed by atoms with Crippen LogP contribution >= 0.6 is 11.6 Å². The number of benzene rings is 2. The summed E-state index contributed by atoms with van der Waals surface area (Å²) in [5, 5.41) is -0.307. The quantitative estimate of drug-likeness (QED) is 0.604. The van der Waals surface area contributed by atoms with E-state index in [1.54, 1.807) is 6.07 Å². The van der Waals surface area contributed by atoms with Gasteiger partial charge in [-0.1, -0.05) is 12.1 Å². The molecule has 0 saturated heterocycles. The van der Waals surface area contributed by atoms with E-state index in [9.17, 15) is 4.39 Å². The SMILES string of the molecule is Cc1ccc(-n2c(C(C)Cl)nc3ccc(C)cc32)c(F)c1. The van der Waals surface area contributed by atoms with Crippen LogP contribution in [0.1, 0.15) is 29.3 Å². The molecule has 1 unspecified atom stereocenters. The summed E-state index contributed by atoms with van der Waals surface area (Å²) in [7, 11) is 0. The zero-order valence-electron chi connectivity index (χ0n) is 12.2. The van der Waals surface area contributed by atoms with Crippen LogP contribution in [0.3, 0.4) is 0 Å². The van der Waals surface area contributed by atoms with Crippen LogP contribution in [0.4, 0.5) is 4.39 Å². The number of halogens is 2. The molecule has 1 atom stereocenters. The summed E-state index contributed by atoms with van der Waals surface area (Å²) in [6.45, 7) is 5.72. The lowest BCUT2D eigenvalue weighted by Gasteiger charge is -2.12. The number of fused-ring (bicyclic) bond motifs is 1. The van der Waals surface area contributed by atoms with E-state index in [1.165, 1.54) is 6.07 Å². The van der Waals surface area contributed by atoms with Crippen molar-refractivity contribution in [3.63, 3.8) is 0 Å². The first-order chi connectivity index (χ1) is 9.97. The summed E-state index contributed by atoms with van der Waals surface area (Å²) in [5.41, 5.74) is 4.17. The molecular weight excluding hydrogens is 287 g/mol. The molecule has 3 aromatic rings. The molecule has 3 rings (SSSR count). The van der Waals surface area contributed by atoms with Crippen LogP contribution in [0, 0.1) is 19.7 Å². The summed E-state index contributed by atoms with van der Waals surface area (Å²) < 4.78 is 16.2. The van der Waals surface area contributed by atoms with Gasteiger partial charge in [0, 0.05) is 0 Å². The average Bonchev–Trinajstić information content (AvgIpc) is 2.77. The van der Waals surface area contributed by atoms with Crippen molar-refractivity contribution >= 4 is 22.6 Å². The van der Waals surface area contributed by atoms with Crippen LogP contribution < -0.4 is 0 Å². The van der Waals surface area contributed by atoms with Crippen LogP contribution in [-0.4, -0.2) is 9.55 Å². The highest BCUT2D eigenvalue weighted by molar-refractivity contribution is 6.20. The van der Waals surface area contributed by atoms with Gasteiger partial charge in [0.05, 0.1) is 22.1 Å². The summed E-state index contributed by atoms with van der Waals surface area (Å²) in [6.07, 6.45) is 0. The fraction of sp³-hybridized carbons (Fsp3) is 0.235. The molecule has 2 aromatic carbocycles. The maximum atomic E-state index is 14.4. The highest BCUT2D eigenvalue weighted by Crippen LogP contribution is 2.30. The van der Waals surface area contributed by atoms with Crippen molar-refractivity contribution in [1.82, 2.24) is 9.55 Å². The largest absolute Gasteiger partial charge is 0.292 e. The van der Waals surface area contributed by atoms with E-state index in [-0.39, 0.29) is 11.2 Å². The maximum absolute atomic E-state index is 14.4. The molecule has 0 saturated carbocycles. The monoisotopic (exact) mass is 302 g/mol. The zero-order chi connectivity index (χ0) is 15.1. The molecule has 108 valence electrons. The molecule has 0 N–H and O–H groups in total. The minimum atomic E-state index is -0.307. The number of rotatable bonds is 2. The van der Waals surface area contributed by atoms with Gasteiger partial charge in [-0.3, -0.25) is 4.57 Å². The number of alkyl halides is 1. The third-order valence-electron chi connectivity index (χ3n) is 3.54. The van der Waals surface area contributed by atoms with Gasteiger partial charge >= 0.3 is 0 Å². The molecule has 21 heavy (non-hydrogen) atoms. The van der Waals surface area contributed by atoms with Crippen LogP contribution in [0.15, 0.2) is 36.4 Å². The van der Waals surface area contributed by atoms with E-state index in [1.807, 2.05) is 49.6 Å². The number of hydrogen-bond donors (Lipinski definition) is 0. The lowest BCUT2D eigenvalue weighted by Crippen LogP contribution is -2.04. The van der Waals surface area contributed by atoms with E-state index >= 15 is 0 Å². The van der Waals surface area contributed by atoms with Gasteiger partial charge in [-0.25, -0.2) is 9.37 Å². The van der Waals surface area contributed by atoms with Gasteiger partial charge in [0.15, 0.2) is 0 Å². The first-order valence-corrected chi connectivity index (χ1v) is 7.30. The maximum Gasteiger partial charge on any atom is 0.147 e. The van der Waals surface area contributed by atoms with E-state index < -0.39 is 0 Å². The van der Waals surface area contributed by atoms with Crippen molar-refractivity contribution in [3.05, 3.63) is 59.2 Å². The van der Waals surface area contributed by atoms with Gasteiger partial charge in [-0.2, -0.15) is 0 Å². The molecule has 0 aliphatic rings. The first-order valence-electron chi connectivity index (χ1n) is 6.87. The number of imidazole rings is 1. The van der Waals surface area contributed by atoms with E-state index in [0.29, 0.717) is 11.5 Å². The van der Waals surface area contributed by atoms with E-state index in [0.717, 1.165) is 22.2 Å². The topological polar surface area (TPSA) is 17.8 Å². The molecule has 0 aliphatic heterocycles. The van der Waals surface area contributed by atoms with Crippen LogP contribution in [0.5, 0.6) is 0 Å². The minimum absolute atomic E-state index is 0.269. The molecular formula is C17H16ClFN2. The molecule has 2 nitrogen and oxygen atoms in total. The highest BCUT2D eigenvalue weighted by Gasteiger charge is 2.18. The highest BCUT2D eigenvalue weighted by atomic mass is 35.5. The molecule has 0 spiro atoms. The number of nitrogens with zero attached hydrogens (tertiary/aromatic N) is 2. The Labute approximate surface area is 128 Å². The smallest absolute Gasteiger partial charge is 0.147 e. The summed E-state index contributed by atoms with van der Waals surface area (Å²) in [6, 6.07) is 11.1. The normalized spacial score (nSPS) is 12.8. The molecule has 1 aromatic heterocycles. The molecule has 0 aliphatic carbocycles. The minimum Gasteiger partial charge on any atom is -0.292 e. The molecule has 0 radical (unpaired) electrons. The Morgan fingerprint density at radius 1 is 1.10 bits per heavy atom. The van der Waals surface area contributed by atoms with Crippen LogP contribution in [0.25, 0.3) is 16.7 Å². The van der Waals surface area contributed by atoms with Crippen molar-refractivity contribution in [1.29, 1.82) is 0 Å². The van der Waals surface area contributed by atoms with Gasteiger partial charge in [0.25, 0.3) is 0 Å². The molecule has 4 heteroatoms. The Morgan fingerprint density at radius 2 is 1.76 bits per heavy atom. The third kappa shape index (κ3) is 2.42. The van der Waals surface area contributed by atoms with Crippen molar-refractivity contribution in [2.75, 3.05) is 0 Å².